The first kappa shape index (κ1) is 24.8. The highest BCUT2D eigenvalue weighted by atomic mass is 35.5. The molecule has 0 radical (unpaired) electrons. The number of hydrogen-bond donors (Lipinski definition) is 0. The zero-order valence-electron chi connectivity index (χ0n) is 18.2. The van der Waals surface area contributed by atoms with Crippen LogP contribution in [0.15, 0.2) is 42.5 Å². The second kappa shape index (κ2) is 11.7. The van der Waals surface area contributed by atoms with Crippen molar-refractivity contribution in [3.8, 4) is 17.6 Å². The summed E-state index contributed by atoms with van der Waals surface area (Å²) in [6.07, 6.45) is 2.79. The Hall–Kier alpha value is -2.22. The number of nitriles is 1. The third-order valence-electron chi connectivity index (χ3n) is 5.43. The second-order valence-electron chi connectivity index (χ2n) is 7.60. The zero-order chi connectivity index (χ0) is 20.6. The van der Waals surface area contributed by atoms with Gasteiger partial charge < -0.3 is 14.4 Å². The molecule has 0 heterocycles. The van der Waals surface area contributed by atoms with Gasteiger partial charge in [-0.1, -0.05) is 30.3 Å². The lowest BCUT2D eigenvalue weighted by Gasteiger charge is -2.25. The molecule has 0 saturated heterocycles. The summed E-state index contributed by atoms with van der Waals surface area (Å²) in [7, 11) is 5.45. The van der Waals surface area contributed by atoms with E-state index in [4.69, 9.17) is 9.47 Å². The summed E-state index contributed by atoms with van der Waals surface area (Å²) >= 11 is 0. The summed E-state index contributed by atoms with van der Waals surface area (Å²) in [6, 6.07) is 16.8. The Kier molecular flexibility index (Phi) is 10.0. The Morgan fingerprint density at radius 3 is 2.34 bits per heavy atom. The van der Waals surface area contributed by atoms with Gasteiger partial charge in [-0.3, -0.25) is 0 Å². The molecule has 0 aliphatic rings. The molecule has 2 aromatic rings. The van der Waals surface area contributed by atoms with E-state index in [0.29, 0.717) is 0 Å². The highest BCUT2D eigenvalue weighted by molar-refractivity contribution is 5.85. The van der Waals surface area contributed by atoms with Gasteiger partial charge in [0.2, 0.25) is 0 Å². The van der Waals surface area contributed by atoms with Gasteiger partial charge in [-0.25, -0.2) is 0 Å². The molecule has 0 saturated carbocycles. The molecule has 29 heavy (non-hydrogen) atoms. The lowest BCUT2D eigenvalue weighted by Crippen LogP contribution is -2.26. The summed E-state index contributed by atoms with van der Waals surface area (Å²) in [4.78, 5) is 2.33. The van der Waals surface area contributed by atoms with Gasteiger partial charge in [0.1, 0.15) is 0 Å². The molecule has 1 unspecified atom stereocenters. The summed E-state index contributed by atoms with van der Waals surface area (Å²) < 4.78 is 10.7. The molecular formula is C24H33ClN2O2. The summed E-state index contributed by atoms with van der Waals surface area (Å²) in [5.41, 5.74) is 3.13. The van der Waals surface area contributed by atoms with Gasteiger partial charge in [0.15, 0.2) is 11.5 Å². The molecule has 0 aromatic heterocycles. The molecule has 0 fully saturated rings. The fourth-order valence-corrected chi connectivity index (χ4v) is 3.61. The molecule has 1 atom stereocenters. The number of methoxy groups -OCH3 is 2. The molecule has 0 bridgehead atoms. The van der Waals surface area contributed by atoms with Crippen molar-refractivity contribution >= 4 is 12.4 Å². The van der Waals surface area contributed by atoms with Crippen LogP contribution < -0.4 is 9.47 Å². The van der Waals surface area contributed by atoms with Crippen molar-refractivity contribution in [2.45, 2.75) is 38.5 Å². The number of aryl methyl sites for hydroxylation is 1. The number of likely N-dealkylation sites (N-methyl/N-ethyl adjacent to an activating group) is 1. The Morgan fingerprint density at radius 2 is 1.72 bits per heavy atom. The first-order valence-corrected chi connectivity index (χ1v) is 9.80. The Bertz CT molecular complexity index is 819. The third kappa shape index (κ3) is 6.66. The smallest absolute Gasteiger partial charge is 0.160 e. The van der Waals surface area contributed by atoms with Gasteiger partial charge >= 0.3 is 0 Å². The van der Waals surface area contributed by atoms with E-state index in [1.54, 1.807) is 14.2 Å². The highest BCUT2D eigenvalue weighted by Crippen LogP contribution is 2.31. The second-order valence-corrected chi connectivity index (χ2v) is 7.60. The van der Waals surface area contributed by atoms with Crippen LogP contribution in [0.5, 0.6) is 11.5 Å². The molecule has 4 nitrogen and oxygen atoms in total. The maximum absolute atomic E-state index is 9.79. The van der Waals surface area contributed by atoms with Gasteiger partial charge in [-0.05, 0) is 75.5 Å². The average Bonchev–Trinajstić information content (AvgIpc) is 2.72. The largest absolute Gasteiger partial charge is 0.493 e. The van der Waals surface area contributed by atoms with Crippen LogP contribution >= 0.6 is 12.4 Å². The molecular weight excluding hydrogens is 384 g/mol. The molecule has 158 valence electrons. The molecule has 0 aliphatic heterocycles. The number of ether oxygens (including phenoxy) is 2. The van der Waals surface area contributed by atoms with E-state index in [2.05, 4.69) is 50.1 Å². The van der Waals surface area contributed by atoms with Crippen LogP contribution in [0.25, 0.3) is 0 Å². The maximum atomic E-state index is 9.79. The van der Waals surface area contributed by atoms with Crippen molar-refractivity contribution in [1.82, 2.24) is 4.90 Å². The van der Waals surface area contributed by atoms with Crippen LogP contribution in [-0.2, 0) is 11.8 Å². The van der Waals surface area contributed by atoms with Crippen LogP contribution in [0.3, 0.4) is 0 Å². The highest BCUT2D eigenvalue weighted by Gasteiger charge is 2.27. The maximum Gasteiger partial charge on any atom is 0.160 e. The minimum atomic E-state index is -0.435. The van der Waals surface area contributed by atoms with Gasteiger partial charge in [0, 0.05) is 6.54 Å². The molecule has 0 aliphatic carbocycles. The van der Waals surface area contributed by atoms with Gasteiger partial charge in [-0.2, -0.15) is 5.26 Å². The standard InChI is InChI=1S/C24H32N2O2.ClH/c1-19-9-6-7-10-21(19)24(2,18-25)14-8-15-26(3)16-13-20-11-12-22(27-4)23(17-20)28-5;/h6-7,9-12,17H,8,13-16H2,1-5H3;1H. The van der Waals surface area contributed by atoms with Crippen LogP contribution in [-0.4, -0.2) is 39.3 Å². The van der Waals surface area contributed by atoms with Crippen LogP contribution in [0, 0.1) is 18.3 Å². The van der Waals surface area contributed by atoms with Crippen molar-refractivity contribution in [2.75, 3.05) is 34.4 Å². The van der Waals surface area contributed by atoms with Crippen LogP contribution in [0.1, 0.15) is 36.5 Å². The van der Waals surface area contributed by atoms with Crippen molar-refractivity contribution in [3.63, 3.8) is 0 Å². The van der Waals surface area contributed by atoms with Crippen LogP contribution in [0.4, 0.5) is 0 Å². The van der Waals surface area contributed by atoms with E-state index in [9.17, 15) is 5.26 Å². The van der Waals surface area contributed by atoms with E-state index >= 15 is 0 Å². The zero-order valence-corrected chi connectivity index (χ0v) is 19.0. The lowest BCUT2D eigenvalue weighted by molar-refractivity contribution is 0.318. The minimum Gasteiger partial charge on any atom is -0.493 e. The molecule has 2 aromatic carbocycles. The average molecular weight is 417 g/mol. The lowest BCUT2D eigenvalue weighted by atomic mass is 9.78. The fraction of sp³-hybridized carbons (Fsp3) is 0.458. The summed E-state index contributed by atoms with van der Waals surface area (Å²) in [6.45, 7) is 6.07. The Labute approximate surface area is 181 Å². The summed E-state index contributed by atoms with van der Waals surface area (Å²) in [5.74, 6) is 1.53. The van der Waals surface area contributed by atoms with E-state index in [0.717, 1.165) is 49.4 Å². The molecule has 0 amide bonds. The van der Waals surface area contributed by atoms with Crippen molar-refractivity contribution in [3.05, 3.63) is 59.2 Å². The van der Waals surface area contributed by atoms with Gasteiger partial charge in [0.25, 0.3) is 0 Å². The topological polar surface area (TPSA) is 45.5 Å². The predicted molar refractivity (Wildman–Crippen MR) is 121 cm³/mol. The van der Waals surface area contributed by atoms with E-state index in [-0.39, 0.29) is 12.4 Å². The normalized spacial score (nSPS) is 12.6. The number of nitrogens with zero attached hydrogens (tertiary/aromatic N) is 2. The quantitative estimate of drug-likeness (QED) is 0.536. The SMILES string of the molecule is COc1ccc(CCN(C)CCCC(C)(C#N)c2ccccc2C)cc1OC.Cl. The molecule has 0 spiro atoms. The monoisotopic (exact) mass is 416 g/mol. The van der Waals surface area contributed by atoms with E-state index in [1.807, 2.05) is 24.3 Å². The Morgan fingerprint density at radius 1 is 1.03 bits per heavy atom. The first-order valence-electron chi connectivity index (χ1n) is 9.80. The van der Waals surface area contributed by atoms with Crippen LogP contribution in [0.2, 0.25) is 0 Å². The van der Waals surface area contributed by atoms with Crippen molar-refractivity contribution in [2.24, 2.45) is 0 Å². The number of hydrogen-bond acceptors (Lipinski definition) is 4. The number of halogens is 1. The van der Waals surface area contributed by atoms with E-state index < -0.39 is 5.41 Å². The third-order valence-corrected chi connectivity index (χ3v) is 5.43. The molecule has 0 N–H and O–H groups in total. The minimum absolute atomic E-state index is 0. The predicted octanol–water partition coefficient (Wildman–Crippen LogP) is 5.17. The Balaban J connectivity index is 0.00000420. The first-order chi connectivity index (χ1) is 13.4. The van der Waals surface area contributed by atoms with E-state index in [1.165, 1.54) is 11.1 Å². The van der Waals surface area contributed by atoms with Gasteiger partial charge in [-0.15, -0.1) is 12.4 Å². The number of benzene rings is 2. The molecule has 2 rings (SSSR count). The summed E-state index contributed by atoms with van der Waals surface area (Å²) in [5, 5.41) is 9.79. The number of rotatable bonds is 10. The fourth-order valence-electron chi connectivity index (χ4n) is 3.61. The molecule has 5 heteroatoms. The van der Waals surface area contributed by atoms with Crippen molar-refractivity contribution < 1.29 is 9.47 Å². The van der Waals surface area contributed by atoms with Crippen molar-refractivity contribution in [1.29, 1.82) is 5.26 Å². The van der Waals surface area contributed by atoms with Gasteiger partial charge in [0.05, 0.1) is 25.7 Å².